The number of amides is 2. The van der Waals surface area contributed by atoms with Crippen molar-refractivity contribution in [1.29, 1.82) is 0 Å². The number of carbonyl (C=O) groups excluding carboxylic acids is 2. The van der Waals surface area contributed by atoms with E-state index in [2.05, 4.69) is 16.2 Å². The van der Waals surface area contributed by atoms with Gasteiger partial charge in [-0.2, -0.15) is 0 Å². The van der Waals surface area contributed by atoms with E-state index < -0.39 is 0 Å². The number of nitrogens with one attached hydrogen (secondary N) is 3. The Labute approximate surface area is 146 Å². The van der Waals surface area contributed by atoms with Gasteiger partial charge in [-0.05, 0) is 38.4 Å². The van der Waals surface area contributed by atoms with E-state index in [1.807, 2.05) is 25.1 Å². The number of nitrogens with zero attached hydrogens (tertiary/aromatic N) is 2. The number of ether oxygens (including phenoxy) is 1. The predicted octanol–water partition coefficient (Wildman–Crippen LogP) is -0.531. The minimum absolute atomic E-state index is 0.0811. The quantitative estimate of drug-likeness (QED) is 0.486. The molecule has 0 bridgehead atoms. The van der Waals surface area contributed by atoms with E-state index in [-0.39, 0.29) is 25.0 Å². The first-order valence-electron chi connectivity index (χ1n) is 7.47. The van der Waals surface area contributed by atoms with Gasteiger partial charge in [0.25, 0.3) is 11.8 Å². The maximum Gasteiger partial charge on any atom is 0.265 e. The molecule has 8 nitrogen and oxygen atoms in total. The molecule has 2 amide bonds. The third-order valence-electron chi connectivity index (χ3n) is 3.27. The molecular weight excluding hydrogens is 330 g/mol. The van der Waals surface area contributed by atoms with Crippen LogP contribution in [0.4, 0.5) is 5.69 Å². The number of carbonyl (C=O) groups is 2. The lowest BCUT2D eigenvalue weighted by Gasteiger charge is -2.28. The highest BCUT2D eigenvalue weighted by Gasteiger charge is 2.26. The lowest BCUT2D eigenvalue weighted by Crippen LogP contribution is -2.52. The highest BCUT2D eigenvalue weighted by Crippen LogP contribution is 2.30. The van der Waals surface area contributed by atoms with Gasteiger partial charge in [0.1, 0.15) is 12.3 Å². The van der Waals surface area contributed by atoms with Crippen molar-refractivity contribution >= 4 is 34.8 Å². The normalized spacial score (nSPS) is 13.1. The van der Waals surface area contributed by atoms with Crippen molar-refractivity contribution in [3.63, 3.8) is 0 Å². The lowest BCUT2D eigenvalue weighted by molar-refractivity contribution is -0.125. The minimum atomic E-state index is -0.378. The Morgan fingerprint density at radius 3 is 2.83 bits per heavy atom. The Morgan fingerprint density at radius 2 is 2.08 bits per heavy atom. The second-order valence-corrected chi connectivity index (χ2v) is 5.88. The van der Waals surface area contributed by atoms with Crippen LogP contribution in [0.1, 0.15) is 0 Å². The number of hydrazine groups is 1. The van der Waals surface area contributed by atoms with Crippen LogP contribution in [-0.2, 0) is 9.59 Å². The molecule has 3 N–H and O–H groups in total. The maximum absolute atomic E-state index is 12.0. The van der Waals surface area contributed by atoms with Crippen LogP contribution in [0.2, 0.25) is 0 Å². The Morgan fingerprint density at radius 1 is 1.33 bits per heavy atom. The molecule has 24 heavy (non-hydrogen) atoms. The fourth-order valence-corrected chi connectivity index (χ4v) is 2.23. The van der Waals surface area contributed by atoms with E-state index in [9.17, 15) is 9.59 Å². The first-order chi connectivity index (χ1) is 11.5. The summed E-state index contributed by atoms with van der Waals surface area (Å²) in [6, 6.07) is 7.09. The molecule has 1 aliphatic heterocycles. The van der Waals surface area contributed by atoms with Crippen LogP contribution in [0, 0.1) is 0 Å². The molecule has 0 fully saturated rings. The van der Waals surface area contributed by atoms with Crippen molar-refractivity contribution in [1.82, 2.24) is 21.1 Å². The van der Waals surface area contributed by atoms with Crippen LogP contribution in [0.5, 0.6) is 5.75 Å². The van der Waals surface area contributed by atoms with Crippen LogP contribution in [0.3, 0.4) is 0 Å². The molecule has 130 valence electrons. The Bertz CT molecular complexity index is 623. The summed E-state index contributed by atoms with van der Waals surface area (Å²) in [5.41, 5.74) is 5.68. The molecule has 0 saturated carbocycles. The fraction of sp³-hybridized carbons (Fsp3) is 0.400. The van der Waals surface area contributed by atoms with Crippen LogP contribution < -0.4 is 25.8 Å². The molecule has 1 aliphatic rings. The number of benzene rings is 1. The van der Waals surface area contributed by atoms with Crippen LogP contribution >= 0.6 is 12.2 Å². The summed E-state index contributed by atoms with van der Waals surface area (Å²) in [6.45, 7) is 1.27. The molecular formula is C15H21N5O3S. The van der Waals surface area contributed by atoms with Gasteiger partial charge in [-0.15, -0.1) is 0 Å². The molecule has 2 rings (SSSR count). The standard InChI is InChI=1S/C15H21N5O3S/c1-19(2)8-7-16-15(24)18-17-13(21)9-20-11-5-3-4-6-12(11)23-10-14(20)22/h3-6H,7-10H2,1-2H3,(H,17,21)(H2,16,18,24). The molecule has 1 aromatic rings. The zero-order chi connectivity index (χ0) is 17.5. The maximum atomic E-state index is 12.0. The number of rotatable bonds is 5. The topological polar surface area (TPSA) is 85.9 Å². The van der Waals surface area contributed by atoms with Crippen LogP contribution in [0.25, 0.3) is 0 Å². The first kappa shape index (κ1) is 18.0. The monoisotopic (exact) mass is 351 g/mol. The number of likely N-dealkylation sites (N-methyl/N-ethyl adjacent to an activating group) is 1. The van der Waals surface area contributed by atoms with Crippen molar-refractivity contribution in [3.05, 3.63) is 24.3 Å². The Kier molecular flexibility index (Phi) is 6.33. The zero-order valence-corrected chi connectivity index (χ0v) is 14.5. The molecule has 0 aromatic heterocycles. The summed E-state index contributed by atoms with van der Waals surface area (Å²) < 4.78 is 5.34. The van der Waals surface area contributed by atoms with Crippen LogP contribution in [-0.4, -0.2) is 62.2 Å². The fourth-order valence-electron chi connectivity index (χ4n) is 2.07. The van der Waals surface area contributed by atoms with Gasteiger partial charge in [0, 0.05) is 13.1 Å². The molecule has 0 aliphatic carbocycles. The lowest BCUT2D eigenvalue weighted by atomic mass is 10.2. The number of fused-ring (bicyclic) bond motifs is 1. The third-order valence-corrected chi connectivity index (χ3v) is 3.52. The van der Waals surface area contributed by atoms with Gasteiger partial charge in [0.05, 0.1) is 5.69 Å². The van der Waals surface area contributed by atoms with Gasteiger partial charge in [-0.1, -0.05) is 12.1 Å². The molecule has 9 heteroatoms. The Balaban J connectivity index is 1.82. The van der Waals surface area contributed by atoms with E-state index in [1.54, 1.807) is 18.2 Å². The summed E-state index contributed by atoms with van der Waals surface area (Å²) in [5.74, 6) is -0.0638. The highest BCUT2D eigenvalue weighted by atomic mass is 32.1. The smallest absolute Gasteiger partial charge is 0.265 e. The van der Waals surface area contributed by atoms with E-state index in [4.69, 9.17) is 17.0 Å². The number of anilines is 1. The predicted molar refractivity (Wildman–Crippen MR) is 94.7 cm³/mol. The van der Waals surface area contributed by atoms with E-state index in [0.717, 1.165) is 6.54 Å². The van der Waals surface area contributed by atoms with Gasteiger partial charge < -0.3 is 15.0 Å². The summed E-state index contributed by atoms with van der Waals surface area (Å²) in [6.07, 6.45) is 0. The number of para-hydroxylation sites is 2. The SMILES string of the molecule is CN(C)CCNC(=S)NNC(=O)CN1C(=O)COc2ccccc21. The molecule has 1 heterocycles. The van der Waals surface area contributed by atoms with Gasteiger partial charge in [0.2, 0.25) is 0 Å². The molecule has 0 unspecified atom stereocenters. The summed E-state index contributed by atoms with van der Waals surface area (Å²) >= 11 is 5.06. The average Bonchev–Trinajstić information content (AvgIpc) is 2.55. The van der Waals surface area contributed by atoms with Gasteiger partial charge >= 0.3 is 0 Å². The van der Waals surface area contributed by atoms with E-state index in [1.165, 1.54) is 4.90 Å². The van der Waals surface area contributed by atoms with E-state index >= 15 is 0 Å². The van der Waals surface area contributed by atoms with Crippen molar-refractivity contribution < 1.29 is 14.3 Å². The summed E-state index contributed by atoms with van der Waals surface area (Å²) in [7, 11) is 3.91. The second-order valence-electron chi connectivity index (χ2n) is 5.47. The van der Waals surface area contributed by atoms with Crippen molar-refractivity contribution in [2.45, 2.75) is 0 Å². The van der Waals surface area contributed by atoms with E-state index in [0.29, 0.717) is 23.1 Å². The number of thiocarbonyl (C=S) groups is 1. The largest absolute Gasteiger partial charge is 0.482 e. The molecule has 0 spiro atoms. The summed E-state index contributed by atoms with van der Waals surface area (Å²) in [4.78, 5) is 27.4. The minimum Gasteiger partial charge on any atom is -0.482 e. The molecule has 0 saturated heterocycles. The van der Waals surface area contributed by atoms with Crippen LogP contribution in [0.15, 0.2) is 24.3 Å². The second kappa shape index (κ2) is 8.46. The van der Waals surface area contributed by atoms with Crippen molar-refractivity contribution in [2.75, 3.05) is 45.2 Å². The Hall–Kier alpha value is -2.39. The third kappa shape index (κ3) is 5.07. The van der Waals surface area contributed by atoms with Gasteiger partial charge in [-0.25, -0.2) is 0 Å². The van der Waals surface area contributed by atoms with Gasteiger partial charge in [-0.3, -0.25) is 25.3 Å². The highest BCUT2D eigenvalue weighted by molar-refractivity contribution is 7.80. The first-order valence-corrected chi connectivity index (χ1v) is 7.88. The van der Waals surface area contributed by atoms with Gasteiger partial charge in [0.15, 0.2) is 11.7 Å². The van der Waals surface area contributed by atoms with Crippen molar-refractivity contribution in [2.24, 2.45) is 0 Å². The number of hydrogen-bond acceptors (Lipinski definition) is 5. The number of hydrogen-bond donors (Lipinski definition) is 3. The molecule has 0 atom stereocenters. The summed E-state index contributed by atoms with van der Waals surface area (Å²) in [5, 5.41) is 3.28. The molecule has 0 radical (unpaired) electrons. The zero-order valence-electron chi connectivity index (χ0n) is 13.7. The molecule has 1 aromatic carbocycles. The van der Waals surface area contributed by atoms with Crippen molar-refractivity contribution in [3.8, 4) is 5.75 Å². The average molecular weight is 351 g/mol.